The van der Waals surface area contributed by atoms with Crippen molar-refractivity contribution in [3.05, 3.63) is 29.3 Å². The molecular weight excluding hydrogens is 364 g/mol. The zero-order chi connectivity index (χ0) is 18.5. The van der Waals surface area contributed by atoms with Gasteiger partial charge in [0.25, 0.3) is 0 Å². The van der Waals surface area contributed by atoms with E-state index in [1.807, 2.05) is 12.1 Å². The van der Waals surface area contributed by atoms with E-state index in [9.17, 15) is 4.79 Å². The average Bonchev–Trinajstić information content (AvgIpc) is 3.07. The summed E-state index contributed by atoms with van der Waals surface area (Å²) in [6.45, 7) is 6.46. The van der Waals surface area contributed by atoms with Crippen molar-refractivity contribution in [2.45, 2.75) is 56.8 Å². The number of aryl methyl sites for hydroxylation is 1. The molecule has 26 heavy (non-hydrogen) atoms. The van der Waals surface area contributed by atoms with Crippen molar-refractivity contribution in [1.82, 2.24) is 15.5 Å². The Morgan fingerprint density at radius 3 is 2.77 bits per heavy atom. The van der Waals surface area contributed by atoms with Crippen molar-refractivity contribution >= 4 is 39.8 Å². The van der Waals surface area contributed by atoms with E-state index in [0.29, 0.717) is 11.8 Å². The van der Waals surface area contributed by atoms with Gasteiger partial charge in [0.05, 0.1) is 5.75 Å². The Hall–Kier alpha value is -1.60. The summed E-state index contributed by atoms with van der Waals surface area (Å²) >= 11 is 2.93. The number of hydrogen-bond acceptors (Lipinski definition) is 6. The summed E-state index contributed by atoms with van der Waals surface area (Å²) in [5, 5.41) is 15.6. The first-order valence-corrected chi connectivity index (χ1v) is 10.9. The summed E-state index contributed by atoms with van der Waals surface area (Å²) in [5.74, 6) is 1.28. The fraction of sp³-hybridized carbons (Fsp3) is 0.526. The summed E-state index contributed by atoms with van der Waals surface area (Å²) < 4.78 is 0.810. The molecule has 140 valence electrons. The van der Waals surface area contributed by atoms with Crippen LogP contribution in [0.3, 0.4) is 0 Å². The third-order valence-corrected chi connectivity index (χ3v) is 6.93. The van der Waals surface area contributed by atoms with Gasteiger partial charge in [0.2, 0.25) is 11.0 Å². The number of benzene rings is 1. The SMILES string of the molecule is Cc1cccc(Nc2nnc(SCC(=O)NC3CCC(C)CC3)s2)c1C. The van der Waals surface area contributed by atoms with E-state index < -0.39 is 0 Å². The molecule has 3 rings (SSSR count). The lowest BCUT2D eigenvalue weighted by Crippen LogP contribution is -2.38. The Morgan fingerprint density at radius 1 is 1.23 bits per heavy atom. The van der Waals surface area contributed by atoms with E-state index >= 15 is 0 Å². The van der Waals surface area contributed by atoms with Crippen LogP contribution < -0.4 is 10.6 Å². The Morgan fingerprint density at radius 2 is 2.00 bits per heavy atom. The van der Waals surface area contributed by atoms with Crippen LogP contribution >= 0.6 is 23.1 Å². The van der Waals surface area contributed by atoms with Gasteiger partial charge in [-0.15, -0.1) is 10.2 Å². The molecule has 1 aliphatic rings. The van der Waals surface area contributed by atoms with Crippen LogP contribution in [0.4, 0.5) is 10.8 Å². The molecule has 1 saturated carbocycles. The molecular formula is C19H26N4OS2. The van der Waals surface area contributed by atoms with Crippen LogP contribution in [0, 0.1) is 19.8 Å². The monoisotopic (exact) mass is 390 g/mol. The zero-order valence-corrected chi connectivity index (χ0v) is 17.2. The molecule has 0 radical (unpaired) electrons. The van der Waals surface area contributed by atoms with Crippen molar-refractivity contribution in [1.29, 1.82) is 0 Å². The van der Waals surface area contributed by atoms with Crippen molar-refractivity contribution in [3.8, 4) is 0 Å². The molecule has 0 unspecified atom stereocenters. The minimum absolute atomic E-state index is 0.0915. The fourth-order valence-electron chi connectivity index (χ4n) is 3.12. The summed E-state index contributed by atoms with van der Waals surface area (Å²) in [5.41, 5.74) is 3.49. The van der Waals surface area contributed by atoms with Crippen LogP contribution in [0.25, 0.3) is 0 Å². The van der Waals surface area contributed by atoms with Crippen molar-refractivity contribution < 1.29 is 4.79 Å². The summed E-state index contributed by atoms with van der Waals surface area (Å²) in [6, 6.07) is 6.50. The number of carbonyl (C=O) groups is 1. The number of rotatable bonds is 6. The fourth-order valence-corrected chi connectivity index (χ4v) is 4.70. The molecule has 1 aromatic carbocycles. The highest BCUT2D eigenvalue weighted by molar-refractivity contribution is 8.01. The van der Waals surface area contributed by atoms with Crippen LogP contribution in [-0.4, -0.2) is 27.9 Å². The number of nitrogens with one attached hydrogen (secondary N) is 2. The van der Waals surface area contributed by atoms with Crippen molar-refractivity contribution in [2.24, 2.45) is 5.92 Å². The van der Waals surface area contributed by atoms with E-state index in [2.05, 4.69) is 47.7 Å². The molecule has 2 N–H and O–H groups in total. The van der Waals surface area contributed by atoms with E-state index in [4.69, 9.17) is 0 Å². The Labute approximate surface area is 163 Å². The highest BCUT2D eigenvalue weighted by Gasteiger charge is 2.20. The smallest absolute Gasteiger partial charge is 0.230 e. The molecule has 0 atom stereocenters. The van der Waals surface area contributed by atoms with Crippen LogP contribution in [0.15, 0.2) is 22.5 Å². The van der Waals surface area contributed by atoms with Gasteiger partial charge in [0.1, 0.15) is 0 Å². The Kier molecular flexibility index (Phi) is 6.53. The minimum Gasteiger partial charge on any atom is -0.353 e. The quantitative estimate of drug-likeness (QED) is 0.701. The molecule has 1 aliphatic carbocycles. The third-order valence-electron chi connectivity index (χ3n) is 4.96. The van der Waals surface area contributed by atoms with Gasteiger partial charge in [0, 0.05) is 11.7 Å². The maximum Gasteiger partial charge on any atom is 0.230 e. The summed E-state index contributed by atoms with van der Waals surface area (Å²) in [7, 11) is 0. The second-order valence-corrected chi connectivity index (χ2v) is 9.26. The predicted molar refractivity (Wildman–Crippen MR) is 109 cm³/mol. The maximum absolute atomic E-state index is 12.2. The second-order valence-electron chi connectivity index (χ2n) is 7.06. The van der Waals surface area contributed by atoms with Crippen LogP contribution in [0.1, 0.15) is 43.7 Å². The van der Waals surface area contributed by atoms with E-state index in [0.717, 1.165) is 33.9 Å². The van der Waals surface area contributed by atoms with E-state index in [1.54, 1.807) is 0 Å². The lowest BCUT2D eigenvalue weighted by atomic mass is 9.87. The lowest BCUT2D eigenvalue weighted by Gasteiger charge is -2.26. The molecule has 1 fully saturated rings. The zero-order valence-electron chi connectivity index (χ0n) is 15.5. The molecule has 0 saturated heterocycles. The van der Waals surface area contributed by atoms with Crippen molar-refractivity contribution in [3.63, 3.8) is 0 Å². The molecule has 1 aromatic heterocycles. The number of carbonyl (C=O) groups excluding carboxylic acids is 1. The first-order valence-electron chi connectivity index (χ1n) is 9.10. The number of anilines is 2. The number of nitrogens with zero attached hydrogens (tertiary/aromatic N) is 2. The summed E-state index contributed by atoms with van der Waals surface area (Å²) in [6.07, 6.45) is 4.62. The van der Waals surface area contributed by atoms with E-state index in [-0.39, 0.29) is 5.91 Å². The molecule has 1 amide bonds. The van der Waals surface area contributed by atoms with Gasteiger partial charge in [-0.2, -0.15) is 0 Å². The van der Waals surface area contributed by atoms with Gasteiger partial charge in [0.15, 0.2) is 4.34 Å². The molecule has 5 nitrogen and oxygen atoms in total. The van der Waals surface area contributed by atoms with Crippen LogP contribution in [0.2, 0.25) is 0 Å². The molecule has 0 spiro atoms. The predicted octanol–water partition coefficient (Wildman–Crippen LogP) is 4.69. The Balaban J connectivity index is 1.47. The van der Waals surface area contributed by atoms with Gasteiger partial charge in [-0.25, -0.2) is 0 Å². The molecule has 2 aromatic rings. The second kappa shape index (κ2) is 8.86. The Bertz CT molecular complexity index is 754. The topological polar surface area (TPSA) is 66.9 Å². The molecule has 1 heterocycles. The van der Waals surface area contributed by atoms with Crippen LogP contribution in [0.5, 0.6) is 0 Å². The number of thioether (sulfide) groups is 1. The number of amides is 1. The third kappa shape index (κ3) is 5.20. The first-order chi connectivity index (χ1) is 12.5. The summed E-state index contributed by atoms with van der Waals surface area (Å²) in [4.78, 5) is 12.2. The molecule has 0 bridgehead atoms. The lowest BCUT2D eigenvalue weighted by molar-refractivity contribution is -0.119. The number of hydrogen-bond donors (Lipinski definition) is 2. The molecule has 7 heteroatoms. The van der Waals surface area contributed by atoms with Gasteiger partial charge in [-0.05, 0) is 62.6 Å². The van der Waals surface area contributed by atoms with Gasteiger partial charge < -0.3 is 10.6 Å². The van der Waals surface area contributed by atoms with Crippen LogP contribution in [-0.2, 0) is 4.79 Å². The first kappa shape index (κ1) is 19.2. The standard InChI is InChI=1S/C19H26N4OS2/c1-12-7-9-15(10-8-12)20-17(24)11-25-19-23-22-18(26-19)21-16-6-4-5-13(2)14(16)3/h4-6,12,15H,7-11H2,1-3H3,(H,20,24)(H,21,22). The maximum atomic E-state index is 12.2. The van der Waals surface area contributed by atoms with Gasteiger partial charge >= 0.3 is 0 Å². The van der Waals surface area contributed by atoms with Gasteiger partial charge in [-0.1, -0.05) is 42.2 Å². The largest absolute Gasteiger partial charge is 0.353 e. The average molecular weight is 391 g/mol. The highest BCUT2D eigenvalue weighted by atomic mass is 32.2. The van der Waals surface area contributed by atoms with Crippen molar-refractivity contribution in [2.75, 3.05) is 11.1 Å². The molecule has 0 aliphatic heterocycles. The normalized spacial score (nSPS) is 20.0. The minimum atomic E-state index is 0.0915. The number of aromatic nitrogens is 2. The van der Waals surface area contributed by atoms with Gasteiger partial charge in [-0.3, -0.25) is 4.79 Å². The van der Waals surface area contributed by atoms with E-state index in [1.165, 1.54) is 47.1 Å². The highest BCUT2D eigenvalue weighted by Crippen LogP contribution is 2.29.